The molecule has 1 aromatic rings. The van der Waals surface area contributed by atoms with Crippen LogP contribution < -0.4 is 4.74 Å². The molecular weight excluding hydrogens is 394 g/mol. The van der Waals surface area contributed by atoms with Crippen LogP contribution in [-0.4, -0.2) is 41.1 Å². The highest BCUT2D eigenvalue weighted by molar-refractivity contribution is 9.11. The molecule has 2 rings (SSSR count). The van der Waals surface area contributed by atoms with E-state index in [1.165, 1.54) is 4.90 Å². The summed E-state index contributed by atoms with van der Waals surface area (Å²) in [7, 11) is 0. The van der Waals surface area contributed by atoms with Crippen LogP contribution in [0.2, 0.25) is 0 Å². The maximum absolute atomic E-state index is 12.0. The van der Waals surface area contributed by atoms with Crippen LogP contribution in [0.5, 0.6) is 5.75 Å². The van der Waals surface area contributed by atoms with Gasteiger partial charge in [-0.25, -0.2) is 4.79 Å². The number of carbonyl (C=O) groups excluding carboxylic acids is 1. The minimum absolute atomic E-state index is 0.163. The van der Waals surface area contributed by atoms with Gasteiger partial charge in [-0.3, -0.25) is 4.79 Å². The lowest BCUT2D eigenvalue weighted by Crippen LogP contribution is -2.42. The second-order valence-electron chi connectivity index (χ2n) is 4.45. The quantitative estimate of drug-likeness (QED) is 0.834. The average Bonchev–Trinajstić information content (AvgIpc) is 2.86. The summed E-state index contributed by atoms with van der Waals surface area (Å²) in [6.07, 6.45) is 1.22. The molecular formula is C13H13Br2NO4. The maximum atomic E-state index is 12.0. The zero-order chi connectivity index (χ0) is 14.7. The van der Waals surface area contributed by atoms with Gasteiger partial charge in [-0.15, -0.1) is 0 Å². The van der Waals surface area contributed by atoms with E-state index in [4.69, 9.17) is 9.84 Å². The lowest BCUT2D eigenvalue weighted by atomic mass is 10.2. The highest BCUT2D eigenvalue weighted by Crippen LogP contribution is 2.28. The van der Waals surface area contributed by atoms with Gasteiger partial charge in [0.2, 0.25) is 0 Å². The summed E-state index contributed by atoms with van der Waals surface area (Å²) < 4.78 is 7.07. The Hall–Kier alpha value is -1.08. The molecule has 0 aliphatic carbocycles. The van der Waals surface area contributed by atoms with Crippen molar-refractivity contribution in [3.05, 3.63) is 27.1 Å². The molecule has 1 N–H and O–H groups in total. The molecule has 0 saturated carbocycles. The van der Waals surface area contributed by atoms with Crippen molar-refractivity contribution in [1.82, 2.24) is 4.90 Å². The number of ether oxygens (including phenoxy) is 1. The van der Waals surface area contributed by atoms with E-state index in [9.17, 15) is 9.59 Å². The Morgan fingerprint density at radius 1 is 1.40 bits per heavy atom. The largest absolute Gasteiger partial charge is 0.483 e. The number of carboxylic acids is 1. The van der Waals surface area contributed by atoms with Crippen molar-refractivity contribution < 1.29 is 19.4 Å². The lowest BCUT2D eigenvalue weighted by molar-refractivity contribution is -0.148. The maximum Gasteiger partial charge on any atom is 0.326 e. The van der Waals surface area contributed by atoms with Gasteiger partial charge in [-0.2, -0.15) is 0 Å². The number of likely N-dealkylation sites (tertiary alicyclic amines) is 1. The molecule has 1 fully saturated rings. The van der Waals surface area contributed by atoms with Gasteiger partial charge in [0.1, 0.15) is 11.8 Å². The minimum Gasteiger partial charge on any atom is -0.483 e. The van der Waals surface area contributed by atoms with Crippen LogP contribution in [0.4, 0.5) is 0 Å². The normalized spacial score (nSPS) is 18.1. The third kappa shape index (κ3) is 3.52. The number of rotatable bonds is 4. The molecule has 1 amide bonds. The molecule has 1 atom stereocenters. The first-order valence-corrected chi connectivity index (χ1v) is 7.68. The molecule has 0 aromatic heterocycles. The summed E-state index contributed by atoms with van der Waals surface area (Å²) in [6, 6.07) is 4.63. The number of benzene rings is 1. The Balaban J connectivity index is 1.96. The average molecular weight is 407 g/mol. The van der Waals surface area contributed by atoms with Gasteiger partial charge in [0, 0.05) is 11.0 Å². The number of hydrogen-bond donors (Lipinski definition) is 1. The van der Waals surface area contributed by atoms with Gasteiger partial charge < -0.3 is 14.7 Å². The first-order chi connectivity index (χ1) is 9.49. The summed E-state index contributed by atoms with van der Waals surface area (Å²) in [4.78, 5) is 24.4. The van der Waals surface area contributed by atoms with Gasteiger partial charge >= 0.3 is 5.97 Å². The molecule has 108 valence electrons. The van der Waals surface area contributed by atoms with Crippen LogP contribution in [0.1, 0.15) is 12.8 Å². The van der Waals surface area contributed by atoms with Crippen molar-refractivity contribution >= 4 is 43.7 Å². The molecule has 0 bridgehead atoms. The van der Waals surface area contributed by atoms with Gasteiger partial charge in [-0.1, -0.05) is 15.9 Å². The molecule has 1 aliphatic rings. The molecule has 1 saturated heterocycles. The summed E-state index contributed by atoms with van der Waals surface area (Å²) in [5, 5.41) is 9.05. The summed E-state index contributed by atoms with van der Waals surface area (Å²) in [5.74, 6) is -0.710. The second kappa shape index (κ2) is 6.58. The second-order valence-corrected chi connectivity index (χ2v) is 6.22. The molecule has 20 heavy (non-hydrogen) atoms. The fraction of sp³-hybridized carbons (Fsp3) is 0.385. The summed E-state index contributed by atoms with van der Waals surface area (Å²) in [6.45, 7) is 0.310. The summed E-state index contributed by atoms with van der Waals surface area (Å²) >= 11 is 6.67. The number of hydrogen-bond acceptors (Lipinski definition) is 3. The van der Waals surface area contributed by atoms with Gasteiger partial charge in [0.15, 0.2) is 6.61 Å². The highest BCUT2D eigenvalue weighted by atomic mass is 79.9. The topological polar surface area (TPSA) is 66.8 Å². The predicted octanol–water partition coefficient (Wildman–Crippen LogP) is 2.67. The SMILES string of the molecule is O=C(O)[C@H]1CCCN1C(=O)COc1ccc(Br)cc1Br. The number of halogens is 2. The summed E-state index contributed by atoms with van der Waals surface area (Å²) in [5.41, 5.74) is 0. The van der Waals surface area contributed by atoms with Crippen LogP contribution in [-0.2, 0) is 9.59 Å². The van der Waals surface area contributed by atoms with Gasteiger partial charge in [-0.05, 0) is 47.0 Å². The van der Waals surface area contributed by atoms with Crippen LogP contribution in [0.15, 0.2) is 27.1 Å². The van der Waals surface area contributed by atoms with Crippen LogP contribution in [0.3, 0.4) is 0 Å². The molecule has 5 nitrogen and oxygen atoms in total. The van der Waals surface area contributed by atoms with Crippen molar-refractivity contribution in [2.75, 3.05) is 13.2 Å². The standard InChI is InChI=1S/C13H13Br2NO4/c14-8-3-4-11(9(15)6-8)20-7-12(17)16-5-1-2-10(16)13(18)19/h3-4,6,10H,1-2,5,7H2,(H,18,19)/t10-/m1/s1. The van der Waals surface area contributed by atoms with Crippen LogP contribution in [0.25, 0.3) is 0 Å². The predicted molar refractivity (Wildman–Crippen MR) is 79.7 cm³/mol. The van der Waals surface area contributed by atoms with E-state index < -0.39 is 12.0 Å². The van der Waals surface area contributed by atoms with E-state index in [2.05, 4.69) is 31.9 Å². The molecule has 1 aliphatic heterocycles. The highest BCUT2D eigenvalue weighted by Gasteiger charge is 2.33. The molecule has 7 heteroatoms. The number of carboxylic acid groups (broad SMARTS) is 1. The molecule has 1 aromatic carbocycles. The third-order valence-electron chi connectivity index (χ3n) is 3.10. The molecule has 0 radical (unpaired) electrons. The van der Waals surface area contributed by atoms with Crippen molar-refractivity contribution in [3.8, 4) is 5.75 Å². The van der Waals surface area contributed by atoms with E-state index in [1.54, 1.807) is 12.1 Å². The number of carbonyl (C=O) groups is 2. The van der Waals surface area contributed by atoms with E-state index in [0.29, 0.717) is 25.1 Å². The smallest absolute Gasteiger partial charge is 0.326 e. The monoisotopic (exact) mass is 405 g/mol. The van der Waals surface area contributed by atoms with Crippen LogP contribution >= 0.6 is 31.9 Å². The van der Waals surface area contributed by atoms with Gasteiger partial charge in [0.05, 0.1) is 4.47 Å². The lowest BCUT2D eigenvalue weighted by Gasteiger charge is -2.21. The third-order valence-corrected chi connectivity index (χ3v) is 4.22. The fourth-order valence-corrected chi connectivity index (χ4v) is 3.30. The number of aliphatic carboxylic acids is 1. The Bertz CT molecular complexity index is 535. The van der Waals surface area contributed by atoms with Crippen molar-refractivity contribution in [2.45, 2.75) is 18.9 Å². The van der Waals surface area contributed by atoms with Crippen molar-refractivity contribution in [3.63, 3.8) is 0 Å². The minimum atomic E-state index is -0.958. The van der Waals surface area contributed by atoms with E-state index in [0.717, 1.165) is 8.95 Å². The zero-order valence-corrected chi connectivity index (χ0v) is 13.7. The van der Waals surface area contributed by atoms with E-state index in [-0.39, 0.29) is 12.5 Å². The number of amides is 1. The Labute approximate surface area is 133 Å². The van der Waals surface area contributed by atoms with E-state index in [1.807, 2.05) is 6.07 Å². The number of nitrogens with zero attached hydrogens (tertiary/aromatic N) is 1. The Morgan fingerprint density at radius 3 is 2.80 bits per heavy atom. The fourth-order valence-electron chi connectivity index (χ4n) is 2.14. The molecule has 0 spiro atoms. The molecule has 1 heterocycles. The first-order valence-electron chi connectivity index (χ1n) is 6.09. The van der Waals surface area contributed by atoms with Gasteiger partial charge in [0.25, 0.3) is 5.91 Å². The van der Waals surface area contributed by atoms with Crippen molar-refractivity contribution in [1.29, 1.82) is 0 Å². The van der Waals surface area contributed by atoms with Crippen LogP contribution in [0, 0.1) is 0 Å². The Kier molecular flexibility index (Phi) is 5.04. The van der Waals surface area contributed by atoms with E-state index >= 15 is 0 Å². The van der Waals surface area contributed by atoms with Crippen molar-refractivity contribution in [2.24, 2.45) is 0 Å². The molecule has 0 unspecified atom stereocenters. The zero-order valence-electron chi connectivity index (χ0n) is 10.5. The first kappa shape index (κ1) is 15.3. The Morgan fingerprint density at radius 2 is 2.15 bits per heavy atom.